The Kier molecular flexibility index (Phi) is 20.0. The van der Waals surface area contributed by atoms with Gasteiger partial charge in [0.1, 0.15) is 28.6 Å². The van der Waals surface area contributed by atoms with Crippen LogP contribution in [0.3, 0.4) is 0 Å². The van der Waals surface area contributed by atoms with Gasteiger partial charge in [0.05, 0.1) is 39.6 Å². The van der Waals surface area contributed by atoms with E-state index in [1.807, 2.05) is 41.5 Å². The Labute approximate surface area is 329 Å². The zero-order chi connectivity index (χ0) is 36.4. The standard InChI is InChI=1S/C20H30O6.C18H28O5.Al.Li.4H/c1-7-24-19(21)20(5)9-8-16-15(4)17(25-12-23-11-10-22-6)13(2)14(3)18(16)26-20;1-12-13(2)17-15(6-7-18(4,10-19)23-17)14(3)16(12)22-11-21-9-8-20-5;;;;;;/h7-12H2,1-6H3;19H,6-11H2,1-5H3;;;;;;/q;;;+1;;;;-1/t20-;18-;;;;;;/m11....../s1. The summed E-state index contributed by atoms with van der Waals surface area (Å²) in [4.78, 5) is 12.3. The minimum Gasteiger partial charge on any atom is -1.00 e. The third-order valence-corrected chi connectivity index (χ3v) is 9.53. The second kappa shape index (κ2) is 21.7. The molecule has 4 rings (SSSR count). The number of carbonyl (C=O) groups is 1. The van der Waals surface area contributed by atoms with Crippen LogP contribution < -0.4 is 37.8 Å². The van der Waals surface area contributed by atoms with Crippen LogP contribution in [0.1, 0.15) is 79.5 Å². The van der Waals surface area contributed by atoms with Gasteiger partial charge in [-0.15, -0.1) is 0 Å². The summed E-state index contributed by atoms with van der Waals surface area (Å²) < 4.78 is 49.9. The number of rotatable bonds is 15. The molecule has 284 valence electrons. The Balaban J connectivity index is 0.000000952. The van der Waals surface area contributed by atoms with E-state index < -0.39 is 11.2 Å². The SMILES string of the molecule is CCOC(=O)[C@@]1(C)CCc2c(C)c(OCOCCOC)c(C)c(C)c2O1.COCCOCOc1c(C)c(C)c2c(c1C)CC[C@](C)(CO)O2.[AlH3].[H-].[Li+]. The molecular weight excluding hydrogens is 666 g/mol. The first-order valence-electron chi connectivity index (χ1n) is 17.1. The number of aliphatic hydroxyl groups excluding tert-OH is 1. The van der Waals surface area contributed by atoms with Crippen molar-refractivity contribution in [3.05, 3.63) is 44.5 Å². The molecule has 0 aromatic heterocycles. The molecule has 2 aliphatic rings. The van der Waals surface area contributed by atoms with Crippen LogP contribution in [0, 0.1) is 41.5 Å². The maximum Gasteiger partial charge on any atom is 1.00 e. The number of ether oxygens (including phenoxy) is 9. The number of esters is 1. The number of carbonyl (C=O) groups excluding carboxylic acids is 1. The zero-order valence-corrected chi connectivity index (χ0v) is 32.5. The van der Waals surface area contributed by atoms with Gasteiger partial charge < -0.3 is 49.2 Å². The average Bonchev–Trinajstić information content (AvgIpc) is 3.09. The molecule has 0 unspecified atom stereocenters. The van der Waals surface area contributed by atoms with Crippen molar-refractivity contribution in [1.29, 1.82) is 0 Å². The second-order valence-electron chi connectivity index (χ2n) is 13.1. The van der Waals surface area contributed by atoms with Crippen molar-refractivity contribution in [2.45, 2.75) is 99.2 Å². The normalized spacial score (nSPS) is 18.7. The van der Waals surface area contributed by atoms with Crippen molar-refractivity contribution >= 4 is 23.3 Å². The molecule has 11 nitrogen and oxygen atoms in total. The van der Waals surface area contributed by atoms with Crippen molar-refractivity contribution < 1.29 is 72.8 Å². The number of hydrogen-bond donors (Lipinski definition) is 1. The number of aliphatic hydroxyl groups is 1. The predicted molar refractivity (Wildman–Crippen MR) is 197 cm³/mol. The summed E-state index contributed by atoms with van der Waals surface area (Å²) in [6.07, 6.45) is 2.98. The first-order valence-corrected chi connectivity index (χ1v) is 17.1. The molecule has 0 saturated heterocycles. The van der Waals surface area contributed by atoms with E-state index in [2.05, 4.69) is 6.92 Å². The molecule has 2 aromatic rings. The van der Waals surface area contributed by atoms with Crippen molar-refractivity contribution in [3.63, 3.8) is 0 Å². The van der Waals surface area contributed by atoms with E-state index in [9.17, 15) is 9.90 Å². The molecule has 0 saturated carbocycles. The third-order valence-electron chi connectivity index (χ3n) is 9.53. The molecule has 0 bridgehead atoms. The zero-order valence-electron chi connectivity index (χ0n) is 33.5. The molecule has 13 heteroatoms. The monoisotopic (exact) mass is 728 g/mol. The number of hydrogen-bond acceptors (Lipinski definition) is 11. The van der Waals surface area contributed by atoms with Gasteiger partial charge in [-0.05, 0) is 115 Å². The molecule has 1 N–H and O–H groups in total. The van der Waals surface area contributed by atoms with Gasteiger partial charge in [-0.1, -0.05) is 0 Å². The Hall–Kier alpha value is -1.96. The summed E-state index contributed by atoms with van der Waals surface area (Å²) in [5, 5.41) is 9.57. The third kappa shape index (κ3) is 11.5. The van der Waals surface area contributed by atoms with Crippen LogP contribution in [0.2, 0.25) is 0 Å². The van der Waals surface area contributed by atoms with Crippen molar-refractivity contribution in [3.8, 4) is 23.0 Å². The second-order valence-corrected chi connectivity index (χ2v) is 13.1. The predicted octanol–water partition coefficient (Wildman–Crippen LogP) is 1.88. The molecule has 0 spiro atoms. The van der Waals surface area contributed by atoms with Gasteiger partial charge in [-0.25, -0.2) is 4.79 Å². The fourth-order valence-corrected chi connectivity index (χ4v) is 6.09. The summed E-state index contributed by atoms with van der Waals surface area (Å²) in [6, 6.07) is 0. The fourth-order valence-electron chi connectivity index (χ4n) is 6.09. The molecular formula is C38H62AlLiO11. The maximum atomic E-state index is 12.3. The first kappa shape index (κ1) is 47.1. The maximum absolute atomic E-state index is 12.3. The minimum absolute atomic E-state index is 0. The topological polar surface area (TPSA) is 120 Å². The molecule has 0 amide bonds. The van der Waals surface area contributed by atoms with Crippen LogP contribution in [0.25, 0.3) is 0 Å². The Morgan fingerprint density at radius 2 is 1.18 bits per heavy atom. The van der Waals surface area contributed by atoms with E-state index in [1.165, 1.54) is 5.56 Å². The molecule has 2 atom stereocenters. The van der Waals surface area contributed by atoms with Crippen molar-refractivity contribution in [2.75, 3.05) is 67.4 Å². The summed E-state index contributed by atoms with van der Waals surface area (Å²) in [6.45, 7) is 20.5. The number of methoxy groups -OCH3 is 2. The van der Waals surface area contributed by atoms with Gasteiger partial charge in [0.15, 0.2) is 30.9 Å². The summed E-state index contributed by atoms with van der Waals surface area (Å²) in [5.41, 5.74) is 7.03. The van der Waals surface area contributed by atoms with Crippen molar-refractivity contribution in [2.24, 2.45) is 0 Å². The Morgan fingerprint density at radius 1 is 0.725 bits per heavy atom. The van der Waals surface area contributed by atoms with E-state index in [1.54, 1.807) is 28.1 Å². The Bertz CT molecular complexity index is 1440. The van der Waals surface area contributed by atoms with Crippen molar-refractivity contribution in [1.82, 2.24) is 0 Å². The Morgan fingerprint density at radius 3 is 1.61 bits per heavy atom. The van der Waals surface area contributed by atoms with Crippen LogP contribution in [-0.2, 0) is 41.3 Å². The minimum atomic E-state index is -0.946. The summed E-state index contributed by atoms with van der Waals surface area (Å²) in [5.74, 6) is 3.05. The smallest absolute Gasteiger partial charge is 1.00 e. The van der Waals surface area contributed by atoms with Gasteiger partial charge in [-0.2, -0.15) is 0 Å². The van der Waals surface area contributed by atoms with Gasteiger partial charge in [0.2, 0.25) is 5.60 Å². The average molecular weight is 729 g/mol. The molecule has 51 heavy (non-hydrogen) atoms. The van der Waals surface area contributed by atoms with E-state index in [4.69, 9.17) is 42.6 Å². The molecule has 0 radical (unpaired) electrons. The molecule has 0 fully saturated rings. The van der Waals surface area contributed by atoms with E-state index in [0.717, 1.165) is 81.2 Å². The van der Waals surface area contributed by atoms with Crippen LogP contribution in [0.5, 0.6) is 23.0 Å². The van der Waals surface area contributed by atoms with E-state index >= 15 is 0 Å². The van der Waals surface area contributed by atoms with Crippen LogP contribution in [0.4, 0.5) is 0 Å². The van der Waals surface area contributed by atoms with Gasteiger partial charge in [-0.3, -0.25) is 0 Å². The molecule has 2 heterocycles. The number of fused-ring (bicyclic) bond motifs is 2. The van der Waals surface area contributed by atoms with Gasteiger partial charge in [0.25, 0.3) is 0 Å². The van der Waals surface area contributed by atoms with Crippen LogP contribution >= 0.6 is 0 Å². The number of benzene rings is 2. The fraction of sp³-hybridized carbons (Fsp3) is 0.658. The largest absolute Gasteiger partial charge is 1.00 e. The quantitative estimate of drug-likeness (QED) is 0.125. The van der Waals surface area contributed by atoms with Gasteiger partial charge in [0, 0.05) is 31.8 Å². The van der Waals surface area contributed by atoms with Gasteiger partial charge >= 0.3 is 24.8 Å². The molecule has 2 aliphatic heterocycles. The summed E-state index contributed by atoms with van der Waals surface area (Å²) >= 11 is 0. The molecule has 0 aliphatic carbocycles. The van der Waals surface area contributed by atoms with E-state index in [0.29, 0.717) is 39.5 Å². The summed E-state index contributed by atoms with van der Waals surface area (Å²) in [7, 11) is 3.28. The molecule has 2 aromatic carbocycles. The van der Waals surface area contributed by atoms with E-state index in [-0.39, 0.29) is 63.8 Å². The van der Waals surface area contributed by atoms with Crippen LogP contribution in [-0.4, -0.2) is 107 Å². The van der Waals surface area contributed by atoms with Crippen LogP contribution in [0.15, 0.2) is 0 Å². The first-order chi connectivity index (χ1) is 23.3.